The first kappa shape index (κ1) is 13.6. The molecule has 0 bridgehead atoms. The van der Waals surface area contributed by atoms with E-state index in [2.05, 4.69) is 5.32 Å². The Bertz CT molecular complexity index is 476. The number of hydrogen-bond acceptors (Lipinski definition) is 2. The van der Waals surface area contributed by atoms with Gasteiger partial charge in [0.2, 0.25) is 5.91 Å². The van der Waals surface area contributed by atoms with Crippen LogP contribution in [-0.2, 0) is 14.9 Å². The van der Waals surface area contributed by atoms with Crippen LogP contribution in [0.2, 0.25) is 0 Å². The highest BCUT2D eigenvalue weighted by atomic mass is 19.1. The summed E-state index contributed by atoms with van der Waals surface area (Å²) in [6.45, 7) is 1.30. The molecule has 1 saturated heterocycles. The number of benzene rings is 1. The molecule has 0 spiro atoms. The molecule has 1 aromatic rings. The minimum Gasteiger partial charge on any atom is -0.368 e. The van der Waals surface area contributed by atoms with Crippen LogP contribution in [0.15, 0.2) is 24.3 Å². The standard InChI is InChI=1S/C16H20FNO2/c17-13-6-4-12(5-7-13)16(8-2-9-16)11-18-15(19)14-3-1-10-20-14/h4-7,14H,1-3,8-11H2,(H,18,19)/t14-/m1/s1. The van der Waals surface area contributed by atoms with Gasteiger partial charge >= 0.3 is 0 Å². The molecule has 0 aromatic heterocycles. The Hall–Kier alpha value is -1.42. The van der Waals surface area contributed by atoms with E-state index in [9.17, 15) is 9.18 Å². The van der Waals surface area contributed by atoms with Crippen molar-refractivity contribution in [1.82, 2.24) is 5.32 Å². The Morgan fingerprint density at radius 2 is 2.05 bits per heavy atom. The van der Waals surface area contributed by atoms with Crippen LogP contribution < -0.4 is 5.32 Å². The molecular formula is C16H20FNO2. The van der Waals surface area contributed by atoms with Gasteiger partial charge in [0, 0.05) is 18.6 Å². The van der Waals surface area contributed by atoms with Gasteiger partial charge in [-0.2, -0.15) is 0 Å². The van der Waals surface area contributed by atoms with Crippen molar-refractivity contribution < 1.29 is 13.9 Å². The van der Waals surface area contributed by atoms with Crippen LogP contribution in [0.4, 0.5) is 4.39 Å². The Morgan fingerprint density at radius 1 is 1.30 bits per heavy atom. The summed E-state index contributed by atoms with van der Waals surface area (Å²) in [7, 11) is 0. The summed E-state index contributed by atoms with van der Waals surface area (Å²) < 4.78 is 18.4. The number of ether oxygens (including phenoxy) is 1. The van der Waals surface area contributed by atoms with Gasteiger partial charge in [-0.3, -0.25) is 4.79 Å². The van der Waals surface area contributed by atoms with E-state index < -0.39 is 0 Å². The Morgan fingerprint density at radius 3 is 2.60 bits per heavy atom. The van der Waals surface area contributed by atoms with Gasteiger partial charge < -0.3 is 10.1 Å². The van der Waals surface area contributed by atoms with Gasteiger partial charge in [0.1, 0.15) is 11.9 Å². The normalized spacial score (nSPS) is 24.1. The van der Waals surface area contributed by atoms with Crippen LogP contribution in [0.5, 0.6) is 0 Å². The van der Waals surface area contributed by atoms with E-state index in [1.54, 1.807) is 0 Å². The van der Waals surface area contributed by atoms with Crippen LogP contribution in [0.3, 0.4) is 0 Å². The van der Waals surface area contributed by atoms with Gasteiger partial charge in [0.25, 0.3) is 0 Å². The molecule has 3 rings (SSSR count). The first-order valence-electron chi connectivity index (χ1n) is 7.35. The zero-order valence-corrected chi connectivity index (χ0v) is 11.5. The van der Waals surface area contributed by atoms with E-state index in [4.69, 9.17) is 4.74 Å². The Kier molecular flexibility index (Phi) is 3.74. The van der Waals surface area contributed by atoms with E-state index in [1.165, 1.54) is 12.1 Å². The van der Waals surface area contributed by atoms with Crippen molar-refractivity contribution in [3.05, 3.63) is 35.6 Å². The third kappa shape index (κ3) is 2.57. The van der Waals surface area contributed by atoms with Gasteiger partial charge in [-0.05, 0) is 43.4 Å². The van der Waals surface area contributed by atoms with Crippen LogP contribution in [-0.4, -0.2) is 25.2 Å². The number of halogens is 1. The predicted octanol–water partition coefficient (Wildman–Crippen LogP) is 2.54. The first-order valence-corrected chi connectivity index (χ1v) is 7.35. The van der Waals surface area contributed by atoms with Gasteiger partial charge in [-0.25, -0.2) is 4.39 Å². The summed E-state index contributed by atoms with van der Waals surface area (Å²) in [4.78, 5) is 12.0. The number of rotatable bonds is 4. The van der Waals surface area contributed by atoms with Crippen molar-refractivity contribution in [3.8, 4) is 0 Å². The smallest absolute Gasteiger partial charge is 0.249 e. The zero-order valence-electron chi connectivity index (χ0n) is 11.5. The average molecular weight is 277 g/mol. The molecule has 1 N–H and O–H groups in total. The fourth-order valence-electron chi connectivity index (χ4n) is 3.13. The molecule has 1 aromatic carbocycles. The summed E-state index contributed by atoms with van der Waals surface area (Å²) in [6.07, 6.45) is 4.75. The average Bonchev–Trinajstić information content (AvgIpc) is 2.93. The highest BCUT2D eigenvalue weighted by molar-refractivity contribution is 5.81. The molecule has 1 aliphatic heterocycles. The number of carbonyl (C=O) groups excluding carboxylic acids is 1. The fourth-order valence-corrected chi connectivity index (χ4v) is 3.13. The molecule has 2 aliphatic rings. The molecule has 1 amide bonds. The minimum absolute atomic E-state index is 0.00381. The molecule has 0 radical (unpaired) electrons. The molecule has 20 heavy (non-hydrogen) atoms. The largest absolute Gasteiger partial charge is 0.368 e. The molecule has 1 aliphatic carbocycles. The Balaban J connectivity index is 1.64. The predicted molar refractivity (Wildman–Crippen MR) is 73.9 cm³/mol. The van der Waals surface area contributed by atoms with E-state index in [0.717, 1.165) is 37.7 Å². The summed E-state index contributed by atoms with van der Waals surface area (Å²) >= 11 is 0. The molecule has 2 fully saturated rings. The lowest BCUT2D eigenvalue weighted by Gasteiger charge is -2.42. The van der Waals surface area contributed by atoms with Crippen LogP contribution in [0, 0.1) is 5.82 Å². The summed E-state index contributed by atoms with van der Waals surface area (Å²) in [5.74, 6) is -0.220. The molecule has 1 heterocycles. The number of amides is 1. The fraction of sp³-hybridized carbons (Fsp3) is 0.562. The van der Waals surface area contributed by atoms with E-state index in [0.29, 0.717) is 13.2 Å². The zero-order chi connectivity index (χ0) is 14.0. The molecule has 1 atom stereocenters. The molecule has 4 heteroatoms. The van der Waals surface area contributed by atoms with Gasteiger partial charge in [0.15, 0.2) is 0 Å². The quantitative estimate of drug-likeness (QED) is 0.918. The van der Waals surface area contributed by atoms with Crippen molar-refractivity contribution >= 4 is 5.91 Å². The highest BCUT2D eigenvalue weighted by Gasteiger charge is 2.39. The monoisotopic (exact) mass is 277 g/mol. The molecule has 3 nitrogen and oxygen atoms in total. The van der Waals surface area contributed by atoms with Gasteiger partial charge in [-0.1, -0.05) is 18.6 Å². The molecule has 108 valence electrons. The van der Waals surface area contributed by atoms with E-state index in [1.807, 2.05) is 12.1 Å². The van der Waals surface area contributed by atoms with Crippen LogP contribution >= 0.6 is 0 Å². The maximum Gasteiger partial charge on any atom is 0.249 e. The Labute approximate surface area is 118 Å². The number of nitrogens with one attached hydrogen (secondary N) is 1. The second-order valence-electron chi connectivity index (χ2n) is 5.86. The maximum atomic E-state index is 13.0. The summed E-state index contributed by atoms with van der Waals surface area (Å²) in [5.41, 5.74) is 1.11. The lowest BCUT2D eigenvalue weighted by Crippen LogP contribution is -2.47. The third-order valence-electron chi connectivity index (χ3n) is 4.59. The third-order valence-corrected chi connectivity index (χ3v) is 4.59. The van der Waals surface area contributed by atoms with E-state index in [-0.39, 0.29) is 23.2 Å². The van der Waals surface area contributed by atoms with Crippen molar-refractivity contribution in [2.45, 2.75) is 43.6 Å². The topological polar surface area (TPSA) is 38.3 Å². The SMILES string of the molecule is O=C(NCC1(c2ccc(F)cc2)CCC1)[C@H]1CCCO1. The molecule has 0 unspecified atom stereocenters. The summed E-state index contributed by atoms with van der Waals surface area (Å²) in [6, 6.07) is 6.67. The van der Waals surface area contributed by atoms with Gasteiger partial charge in [0.05, 0.1) is 0 Å². The summed E-state index contributed by atoms with van der Waals surface area (Å²) in [5, 5.41) is 3.02. The number of hydrogen-bond donors (Lipinski definition) is 1. The maximum absolute atomic E-state index is 13.0. The highest BCUT2D eigenvalue weighted by Crippen LogP contribution is 2.43. The lowest BCUT2D eigenvalue weighted by molar-refractivity contribution is -0.130. The minimum atomic E-state index is -0.277. The molecule has 1 saturated carbocycles. The lowest BCUT2D eigenvalue weighted by atomic mass is 9.64. The molecular weight excluding hydrogens is 257 g/mol. The first-order chi connectivity index (χ1) is 9.70. The number of carbonyl (C=O) groups is 1. The van der Waals surface area contributed by atoms with Crippen molar-refractivity contribution in [2.24, 2.45) is 0 Å². The van der Waals surface area contributed by atoms with Crippen LogP contribution in [0.1, 0.15) is 37.7 Å². The van der Waals surface area contributed by atoms with Crippen molar-refractivity contribution in [2.75, 3.05) is 13.2 Å². The van der Waals surface area contributed by atoms with Crippen molar-refractivity contribution in [3.63, 3.8) is 0 Å². The van der Waals surface area contributed by atoms with Gasteiger partial charge in [-0.15, -0.1) is 0 Å². The van der Waals surface area contributed by atoms with E-state index >= 15 is 0 Å². The second kappa shape index (κ2) is 5.52. The van der Waals surface area contributed by atoms with Crippen molar-refractivity contribution in [1.29, 1.82) is 0 Å². The van der Waals surface area contributed by atoms with Crippen LogP contribution in [0.25, 0.3) is 0 Å². The second-order valence-corrected chi connectivity index (χ2v) is 5.86.